The third-order valence-corrected chi connectivity index (χ3v) is 8.50. The molecule has 31 heavy (non-hydrogen) atoms. The van der Waals surface area contributed by atoms with Crippen LogP contribution in [0, 0.1) is 35.0 Å². The van der Waals surface area contributed by atoms with Crippen LogP contribution in [0.3, 0.4) is 0 Å². The maximum Gasteiger partial charge on any atom is 0.303 e. The van der Waals surface area contributed by atoms with E-state index in [-0.39, 0.29) is 30.3 Å². The molecule has 0 aliphatic heterocycles. The Kier molecular flexibility index (Phi) is 6.63. The van der Waals surface area contributed by atoms with E-state index in [0.29, 0.717) is 25.7 Å². The summed E-state index contributed by atoms with van der Waals surface area (Å²) in [6.45, 7) is 12.6. The van der Waals surface area contributed by atoms with E-state index in [1.807, 2.05) is 20.8 Å². The van der Waals surface area contributed by atoms with Gasteiger partial charge in [-0.25, -0.2) is 0 Å². The van der Waals surface area contributed by atoms with Crippen molar-refractivity contribution in [2.24, 2.45) is 35.0 Å². The van der Waals surface area contributed by atoms with Gasteiger partial charge in [-0.1, -0.05) is 27.4 Å². The molecule has 0 aromatic rings. The van der Waals surface area contributed by atoms with Crippen LogP contribution in [0.4, 0.5) is 0 Å². The number of carbonyl (C=O) groups is 2. The van der Waals surface area contributed by atoms with E-state index in [1.165, 1.54) is 13.8 Å². The van der Waals surface area contributed by atoms with Gasteiger partial charge in [0.15, 0.2) is 0 Å². The minimum atomic E-state index is -1.21. The molecule has 176 valence electrons. The summed E-state index contributed by atoms with van der Waals surface area (Å²) in [6, 6.07) is 0. The zero-order chi connectivity index (χ0) is 23.3. The highest BCUT2D eigenvalue weighted by Crippen LogP contribution is 2.62. The summed E-state index contributed by atoms with van der Waals surface area (Å²) in [5.74, 6) is -2.09. The molecule has 3 fully saturated rings. The summed E-state index contributed by atoms with van der Waals surface area (Å²) in [4.78, 5) is 23.7. The van der Waals surface area contributed by atoms with Gasteiger partial charge in [-0.05, 0) is 54.9 Å². The second-order valence-corrected chi connectivity index (χ2v) is 10.5. The van der Waals surface area contributed by atoms with Gasteiger partial charge in [0.05, 0.1) is 24.4 Å². The van der Waals surface area contributed by atoms with Gasteiger partial charge in [-0.3, -0.25) is 9.59 Å². The van der Waals surface area contributed by atoms with E-state index in [2.05, 4.69) is 6.58 Å². The van der Waals surface area contributed by atoms with Crippen molar-refractivity contribution in [3.05, 3.63) is 12.2 Å². The second kappa shape index (κ2) is 8.49. The number of hydrogen-bond acceptors (Lipinski definition) is 7. The van der Waals surface area contributed by atoms with Gasteiger partial charge < -0.3 is 24.8 Å². The number of aliphatic hydroxyl groups excluding tert-OH is 2. The lowest BCUT2D eigenvalue weighted by molar-refractivity contribution is -0.196. The monoisotopic (exact) mass is 438 g/mol. The van der Waals surface area contributed by atoms with Gasteiger partial charge in [0.2, 0.25) is 0 Å². The zero-order valence-electron chi connectivity index (χ0n) is 19.3. The summed E-state index contributed by atoms with van der Waals surface area (Å²) in [6.07, 6.45) is -0.594. The lowest BCUT2D eigenvalue weighted by Gasteiger charge is -2.51. The SMILES string of the molecule is C=C1[C@@H](O)C[C@H]2[C@@H](C)[C@H](OC(C)=O)[C@H](O)[C@@H]3[C@](COC(C)=O)(CC[C@@]3(O)C(C)C)C[C@@H]12. The molecule has 3 aliphatic carbocycles. The maximum atomic E-state index is 12.0. The molecule has 9 atom stereocenters. The summed E-state index contributed by atoms with van der Waals surface area (Å²) < 4.78 is 11.2. The summed E-state index contributed by atoms with van der Waals surface area (Å²) in [7, 11) is 0. The van der Waals surface area contributed by atoms with E-state index in [0.717, 1.165) is 5.57 Å². The van der Waals surface area contributed by atoms with Gasteiger partial charge in [0.25, 0.3) is 0 Å². The van der Waals surface area contributed by atoms with E-state index >= 15 is 0 Å². The number of ether oxygens (including phenoxy) is 2. The Morgan fingerprint density at radius 2 is 1.84 bits per heavy atom. The lowest BCUT2D eigenvalue weighted by Crippen LogP contribution is -2.59. The maximum absolute atomic E-state index is 12.0. The topological polar surface area (TPSA) is 113 Å². The van der Waals surface area contributed by atoms with Crippen LogP contribution in [-0.2, 0) is 19.1 Å². The van der Waals surface area contributed by atoms with Gasteiger partial charge in [0, 0.05) is 25.2 Å². The van der Waals surface area contributed by atoms with Crippen molar-refractivity contribution >= 4 is 11.9 Å². The molecule has 0 spiro atoms. The molecule has 0 amide bonds. The number of esters is 2. The Hall–Kier alpha value is -1.44. The van der Waals surface area contributed by atoms with Gasteiger partial charge >= 0.3 is 11.9 Å². The molecule has 3 N–H and O–H groups in total. The molecule has 0 heterocycles. The molecule has 0 radical (unpaired) electrons. The average Bonchev–Trinajstić information content (AvgIpc) is 3.12. The number of fused-ring (bicyclic) bond motifs is 2. The van der Waals surface area contributed by atoms with E-state index in [1.54, 1.807) is 0 Å². The number of rotatable bonds is 4. The summed E-state index contributed by atoms with van der Waals surface area (Å²) in [5.41, 5.74) is -1.18. The first kappa shape index (κ1) is 24.2. The molecule has 0 bridgehead atoms. The fourth-order valence-corrected chi connectivity index (χ4v) is 6.80. The number of carbonyl (C=O) groups excluding carboxylic acids is 2. The molecular formula is C24H38O7. The lowest BCUT2D eigenvalue weighted by atomic mass is 9.58. The minimum Gasteiger partial charge on any atom is -0.465 e. The van der Waals surface area contributed by atoms with Crippen LogP contribution in [0.2, 0.25) is 0 Å². The first-order valence-corrected chi connectivity index (χ1v) is 11.4. The van der Waals surface area contributed by atoms with Crippen LogP contribution < -0.4 is 0 Å². The van der Waals surface area contributed by atoms with Gasteiger partial charge in [-0.15, -0.1) is 0 Å². The van der Waals surface area contributed by atoms with Crippen LogP contribution in [0.25, 0.3) is 0 Å². The van der Waals surface area contributed by atoms with Crippen LogP contribution >= 0.6 is 0 Å². The number of hydrogen-bond donors (Lipinski definition) is 3. The molecule has 0 aromatic heterocycles. The van der Waals surface area contributed by atoms with E-state index < -0.39 is 47.2 Å². The molecule has 0 saturated heterocycles. The normalized spacial score (nSPS) is 44.9. The number of aliphatic hydroxyl groups is 3. The molecule has 3 rings (SSSR count). The van der Waals surface area contributed by atoms with E-state index in [9.17, 15) is 24.9 Å². The predicted molar refractivity (Wildman–Crippen MR) is 114 cm³/mol. The fourth-order valence-electron chi connectivity index (χ4n) is 6.80. The Morgan fingerprint density at radius 3 is 2.39 bits per heavy atom. The van der Waals surface area contributed by atoms with Crippen molar-refractivity contribution in [1.29, 1.82) is 0 Å². The standard InChI is InChI=1S/C24H38O7/c1-12(2)24(29)8-7-23(11-30-15(5)25)10-18-13(3)19(27)9-17(18)14(4)21(31-16(6)26)20(28)22(23)24/h12,14,17-22,27-29H,3,7-11H2,1-2,4-6H3/t14-,17+,18+,19+,20+,21+,22-,23-,24-/m1/s1. The highest BCUT2D eigenvalue weighted by atomic mass is 16.6. The predicted octanol–water partition coefficient (Wildman–Crippen LogP) is 2.22. The van der Waals surface area contributed by atoms with Gasteiger partial charge in [0.1, 0.15) is 6.10 Å². The van der Waals surface area contributed by atoms with Crippen molar-refractivity contribution in [2.75, 3.05) is 6.61 Å². The second-order valence-electron chi connectivity index (χ2n) is 10.5. The summed E-state index contributed by atoms with van der Waals surface area (Å²) >= 11 is 0. The first-order valence-electron chi connectivity index (χ1n) is 11.4. The van der Waals surface area contributed by atoms with Crippen LogP contribution in [0.5, 0.6) is 0 Å². The highest BCUT2D eigenvalue weighted by Gasteiger charge is 2.65. The van der Waals surface area contributed by atoms with Crippen molar-refractivity contribution in [2.45, 2.75) is 84.2 Å². The van der Waals surface area contributed by atoms with Crippen LogP contribution in [-0.4, -0.2) is 57.8 Å². The Labute approximate surface area is 184 Å². The third kappa shape index (κ3) is 4.05. The molecule has 7 heteroatoms. The molecular weight excluding hydrogens is 400 g/mol. The van der Waals surface area contributed by atoms with Crippen LogP contribution in [0.1, 0.15) is 60.3 Å². The Bertz CT molecular complexity index is 733. The van der Waals surface area contributed by atoms with Gasteiger partial charge in [-0.2, -0.15) is 0 Å². The Morgan fingerprint density at radius 1 is 1.19 bits per heavy atom. The quantitative estimate of drug-likeness (QED) is 0.456. The third-order valence-electron chi connectivity index (χ3n) is 8.50. The minimum absolute atomic E-state index is 0.0376. The van der Waals surface area contributed by atoms with Crippen molar-refractivity contribution in [3.63, 3.8) is 0 Å². The average molecular weight is 439 g/mol. The largest absolute Gasteiger partial charge is 0.465 e. The first-order chi connectivity index (χ1) is 14.3. The molecule has 0 aromatic carbocycles. The molecule has 7 nitrogen and oxygen atoms in total. The van der Waals surface area contributed by atoms with E-state index in [4.69, 9.17) is 9.47 Å². The zero-order valence-corrected chi connectivity index (χ0v) is 19.3. The highest BCUT2D eigenvalue weighted by molar-refractivity contribution is 5.66. The van der Waals surface area contributed by atoms with Crippen molar-refractivity contribution in [1.82, 2.24) is 0 Å². The molecule has 3 aliphatic rings. The molecule has 0 unspecified atom stereocenters. The van der Waals surface area contributed by atoms with Crippen molar-refractivity contribution < 1.29 is 34.4 Å². The molecule has 3 saturated carbocycles. The smallest absolute Gasteiger partial charge is 0.303 e. The van der Waals surface area contributed by atoms with Crippen LogP contribution in [0.15, 0.2) is 12.2 Å². The fraction of sp³-hybridized carbons (Fsp3) is 0.833. The summed E-state index contributed by atoms with van der Waals surface area (Å²) in [5, 5.41) is 34.0. The Balaban J connectivity index is 2.16. The van der Waals surface area contributed by atoms with Crippen molar-refractivity contribution in [3.8, 4) is 0 Å².